The zero-order valence-electron chi connectivity index (χ0n) is 10.4. The first-order valence-electron chi connectivity index (χ1n) is 5.73. The van der Waals surface area contributed by atoms with Crippen molar-refractivity contribution in [2.45, 2.75) is 12.1 Å². The van der Waals surface area contributed by atoms with Gasteiger partial charge in [0.1, 0.15) is 5.92 Å². The van der Waals surface area contributed by atoms with Gasteiger partial charge < -0.3 is 5.73 Å². The Balaban J connectivity index is 2.55. The number of benzene rings is 1. The first-order chi connectivity index (χ1) is 9.80. The van der Waals surface area contributed by atoms with Gasteiger partial charge >= 0.3 is 6.18 Å². The first kappa shape index (κ1) is 15.2. The van der Waals surface area contributed by atoms with Crippen molar-refractivity contribution in [2.24, 2.45) is 5.73 Å². The average molecular weight is 316 g/mol. The number of primary amides is 1. The summed E-state index contributed by atoms with van der Waals surface area (Å²) in [5, 5.41) is -0.0845. The summed E-state index contributed by atoms with van der Waals surface area (Å²) in [6, 6.07) is 4.30. The smallest absolute Gasteiger partial charge is 0.369 e. The Labute approximate surface area is 122 Å². The molecule has 2 rings (SSSR count). The maximum absolute atomic E-state index is 12.7. The third-order valence-corrected chi connectivity index (χ3v) is 3.08. The highest BCUT2D eigenvalue weighted by Crippen LogP contribution is 2.33. The third kappa shape index (κ3) is 3.30. The monoisotopic (exact) mass is 315 g/mol. The van der Waals surface area contributed by atoms with Gasteiger partial charge in [-0.05, 0) is 11.6 Å². The lowest BCUT2D eigenvalue weighted by Crippen LogP contribution is -2.24. The Hall–Kier alpha value is -2.15. The molecule has 110 valence electrons. The maximum atomic E-state index is 12.7. The Morgan fingerprint density at radius 3 is 2.48 bits per heavy atom. The van der Waals surface area contributed by atoms with Crippen LogP contribution in [-0.2, 0) is 11.0 Å². The van der Waals surface area contributed by atoms with E-state index in [4.69, 9.17) is 17.3 Å². The molecule has 2 N–H and O–H groups in total. The van der Waals surface area contributed by atoms with Crippen molar-refractivity contribution in [2.75, 3.05) is 0 Å². The lowest BCUT2D eigenvalue weighted by Gasteiger charge is -2.16. The molecular formula is C13H9ClF3N3O. The van der Waals surface area contributed by atoms with Crippen LogP contribution in [0.25, 0.3) is 0 Å². The highest BCUT2D eigenvalue weighted by atomic mass is 35.5. The molecule has 4 nitrogen and oxygen atoms in total. The Morgan fingerprint density at radius 2 is 1.90 bits per heavy atom. The van der Waals surface area contributed by atoms with Crippen LogP contribution in [0.2, 0.25) is 5.15 Å². The molecule has 0 spiro atoms. The van der Waals surface area contributed by atoms with Crippen LogP contribution in [0.3, 0.4) is 0 Å². The number of hydrogen-bond donors (Lipinski definition) is 1. The predicted octanol–water partition coefficient (Wildman–Crippen LogP) is 2.77. The van der Waals surface area contributed by atoms with E-state index in [0.29, 0.717) is 0 Å². The van der Waals surface area contributed by atoms with E-state index in [0.717, 1.165) is 12.1 Å². The van der Waals surface area contributed by atoms with Crippen LogP contribution in [0.15, 0.2) is 36.7 Å². The number of nitrogens with two attached hydrogens (primary N) is 1. The van der Waals surface area contributed by atoms with E-state index in [-0.39, 0.29) is 16.4 Å². The second-order valence-corrected chi connectivity index (χ2v) is 4.55. The van der Waals surface area contributed by atoms with Crippen molar-refractivity contribution in [1.29, 1.82) is 0 Å². The molecule has 0 aliphatic rings. The van der Waals surface area contributed by atoms with Crippen molar-refractivity contribution in [3.05, 3.63) is 58.6 Å². The topological polar surface area (TPSA) is 68.9 Å². The number of rotatable bonds is 3. The fourth-order valence-electron chi connectivity index (χ4n) is 1.88. The Kier molecular flexibility index (Phi) is 4.13. The van der Waals surface area contributed by atoms with Crippen LogP contribution in [0.1, 0.15) is 22.7 Å². The summed E-state index contributed by atoms with van der Waals surface area (Å²) >= 11 is 5.84. The lowest BCUT2D eigenvalue weighted by molar-refractivity contribution is -0.137. The fourth-order valence-corrected chi connectivity index (χ4v) is 2.09. The van der Waals surface area contributed by atoms with Crippen molar-refractivity contribution < 1.29 is 18.0 Å². The van der Waals surface area contributed by atoms with Gasteiger partial charge in [0.25, 0.3) is 0 Å². The molecule has 1 aromatic carbocycles. The number of halogens is 4. The second kappa shape index (κ2) is 5.69. The minimum Gasteiger partial charge on any atom is -0.369 e. The van der Waals surface area contributed by atoms with Crippen LogP contribution < -0.4 is 5.73 Å². The van der Waals surface area contributed by atoms with E-state index in [9.17, 15) is 18.0 Å². The summed E-state index contributed by atoms with van der Waals surface area (Å²) in [6.07, 6.45) is -1.94. The lowest BCUT2D eigenvalue weighted by atomic mass is 9.93. The minimum atomic E-state index is -4.52. The SMILES string of the molecule is NC(=O)C(c1cccc(C(F)(F)F)c1)c1nccnc1Cl. The summed E-state index contributed by atoms with van der Waals surface area (Å²) in [5.74, 6) is -2.06. The molecular weight excluding hydrogens is 307 g/mol. The summed E-state index contributed by atoms with van der Waals surface area (Å²) in [5.41, 5.74) is 4.47. The normalized spacial score (nSPS) is 13.0. The molecule has 0 aliphatic heterocycles. The van der Waals surface area contributed by atoms with E-state index >= 15 is 0 Å². The van der Waals surface area contributed by atoms with Crippen LogP contribution in [0.5, 0.6) is 0 Å². The van der Waals surface area contributed by atoms with Gasteiger partial charge in [-0.15, -0.1) is 0 Å². The zero-order valence-corrected chi connectivity index (χ0v) is 11.2. The van der Waals surface area contributed by atoms with Crippen LogP contribution >= 0.6 is 11.6 Å². The van der Waals surface area contributed by atoms with Gasteiger partial charge in [-0.25, -0.2) is 4.98 Å². The largest absolute Gasteiger partial charge is 0.416 e. The van der Waals surface area contributed by atoms with E-state index < -0.39 is 23.6 Å². The van der Waals surface area contributed by atoms with Crippen LogP contribution in [-0.4, -0.2) is 15.9 Å². The fraction of sp³-hybridized carbons (Fsp3) is 0.154. The number of alkyl halides is 3. The van der Waals surface area contributed by atoms with Crippen molar-refractivity contribution in [1.82, 2.24) is 9.97 Å². The molecule has 1 amide bonds. The molecule has 8 heteroatoms. The predicted molar refractivity (Wildman–Crippen MR) is 69.5 cm³/mol. The van der Waals surface area contributed by atoms with Gasteiger partial charge in [0.05, 0.1) is 11.3 Å². The van der Waals surface area contributed by atoms with E-state index in [1.54, 1.807) is 0 Å². The second-order valence-electron chi connectivity index (χ2n) is 4.19. The van der Waals surface area contributed by atoms with Crippen molar-refractivity contribution in [3.8, 4) is 0 Å². The molecule has 0 bridgehead atoms. The van der Waals surface area contributed by atoms with Crippen LogP contribution in [0.4, 0.5) is 13.2 Å². The zero-order chi connectivity index (χ0) is 15.6. The molecule has 1 aromatic heterocycles. The Bertz CT molecular complexity index is 676. The van der Waals surface area contributed by atoms with Crippen LogP contribution in [0, 0.1) is 0 Å². The average Bonchev–Trinajstić information content (AvgIpc) is 2.40. The molecule has 2 aromatic rings. The molecule has 0 aliphatic carbocycles. The van der Waals surface area contributed by atoms with Gasteiger partial charge in [0.15, 0.2) is 5.15 Å². The Morgan fingerprint density at radius 1 is 1.24 bits per heavy atom. The molecule has 1 heterocycles. The quantitative estimate of drug-likeness (QED) is 0.947. The van der Waals surface area contributed by atoms with Crippen molar-refractivity contribution >= 4 is 17.5 Å². The number of carbonyl (C=O) groups is 1. The first-order valence-corrected chi connectivity index (χ1v) is 6.11. The number of aromatic nitrogens is 2. The van der Waals surface area contributed by atoms with Gasteiger partial charge in [-0.1, -0.05) is 29.8 Å². The molecule has 0 saturated heterocycles. The van der Waals surface area contributed by atoms with Gasteiger partial charge in [0.2, 0.25) is 5.91 Å². The molecule has 0 fully saturated rings. The number of carbonyl (C=O) groups excluding carboxylic acids is 1. The standard InChI is InChI=1S/C13H9ClF3N3O/c14-11-10(19-4-5-20-11)9(12(18)21)7-2-1-3-8(6-7)13(15,16)17/h1-6,9H,(H2,18,21). The summed E-state index contributed by atoms with van der Waals surface area (Å²) in [7, 11) is 0. The summed E-state index contributed by atoms with van der Waals surface area (Å²) < 4.78 is 38.2. The highest BCUT2D eigenvalue weighted by Gasteiger charge is 2.32. The van der Waals surface area contributed by atoms with Gasteiger partial charge in [-0.3, -0.25) is 9.78 Å². The van der Waals surface area contributed by atoms with E-state index in [2.05, 4.69) is 9.97 Å². The molecule has 1 atom stereocenters. The van der Waals surface area contributed by atoms with Crippen molar-refractivity contribution in [3.63, 3.8) is 0 Å². The number of nitrogens with zero attached hydrogens (tertiary/aromatic N) is 2. The third-order valence-electron chi connectivity index (χ3n) is 2.78. The number of amides is 1. The summed E-state index contributed by atoms with van der Waals surface area (Å²) in [4.78, 5) is 19.3. The highest BCUT2D eigenvalue weighted by molar-refractivity contribution is 6.30. The number of hydrogen-bond acceptors (Lipinski definition) is 3. The van der Waals surface area contributed by atoms with E-state index in [1.165, 1.54) is 24.5 Å². The molecule has 0 radical (unpaired) electrons. The maximum Gasteiger partial charge on any atom is 0.416 e. The van der Waals surface area contributed by atoms with E-state index in [1.807, 2.05) is 0 Å². The minimum absolute atomic E-state index is 0.0194. The molecule has 0 saturated carbocycles. The van der Waals surface area contributed by atoms with Gasteiger partial charge in [-0.2, -0.15) is 13.2 Å². The van der Waals surface area contributed by atoms with Gasteiger partial charge in [0, 0.05) is 12.4 Å². The summed E-state index contributed by atoms with van der Waals surface area (Å²) in [6.45, 7) is 0. The molecule has 21 heavy (non-hydrogen) atoms. The molecule has 1 unspecified atom stereocenters.